The number of hydrogen-bond donors (Lipinski definition) is 0. The van der Waals surface area contributed by atoms with Crippen LogP contribution in [0.5, 0.6) is 11.5 Å². The minimum Gasteiger partial charge on any atom is -0.497 e. The highest BCUT2D eigenvalue weighted by molar-refractivity contribution is 5.65. The zero-order chi connectivity index (χ0) is 21.2. The number of fused-ring (bicyclic) bond motifs is 1. The molecule has 0 unspecified atom stereocenters. The molecule has 0 radical (unpaired) electrons. The van der Waals surface area contributed by atoms with Crippen molar-refractivity contribution in [1.29, 1.82) is 0 Å². The number of imidazole rings is 1. The number of benzene rings is 2. The third-order valence-electron chi connectivity index (χ3n) is 5.27. The number of methoxy groups -OCH3 is 1. The molecule has 2 aromatic heterocycles. The number of ether oxygens (including phenoxy) is 3. The van der Waals surface area contributed by atoms with Crippen molar-refractivity contribution in [3.05, 3.63) is 66.1 Å². The predicted octanol–water partition coefficient (Wildman–Crippen LogP) is 4.28. The van der Waals surface area contributed by atoms with Gasteiger partial charge >= 0.3 is 0 Å². The molecule has 4 aromatic rings. The van der Waals surface area contributed by atoms with Crippen molar-refractivity contribution in [3.63, 3.8) is 0 Å². The van der Waals surface area contributed by atoms with E-state index in [-0.39, 0.29) is 6.10 Å². The lowest BCUT2D eigenvalue weighted by Crippen LogP contribution is -2.20. The van der Waals surface area contributed by atoms with Gasteiger partial charge in [-0.15, -0.1) is 0 Å². The molecule has 1 aliphatic rings. The predicted molar refractivity (Wildman–Crippen MR) is 113 cm³/mol. The van der Waals surface area contributed by atoms with Crippen molar-refractivity contribution in [2.75, 3.05) is 13.7 Å². The van der Waals surface area contributed by atoms with Crippen LogP contribution in [0.4, 0.5) is 0 Å². The van der Waals surface area contributed by atoms with E-state index in [0.29, 0.717) is 37.2 Å². The molecular weight excluding hydrogens is 396 g/mol. The molecule has 1 aliphatic heterocycles. The number of hydrogen-bond acceptors (Lipinski definition) is 7. The smallest absolute Gasteiger partial charge is 0.278 e. The van der Waals surface area contributed by atoms with Crippen molar-refractivity contribution in [2.24, 2.45) is 0 Å². The van der Waals surface area contributed by atoms with Crippen LogP contribution in [0.25, 0.3) is 23.0 Å². The number of para-hydroxylation sites is 1. The Hall–Kier alpha value is -3.65. The van der Waals surface area contributed by atoms with Crippen molar-refractivity contribution < 1.29 is 18.7 Å². The molecule has 8 nitrogen and oxygen atoms in total. The lowest BCUT2D eigenvalue weighted by Gasteiger charge is -2.25. The van der Waals surface area contributed by atoms with Crippen LogP contribution in [-0.4, -0.2) is 33.4 Å². The third-order valence-corrected chi connectivity index (χ3v) is 5.27. The van der Waals surface area contributed by atoms with Crippen LogP contribution in [0, 0.1) is 0 Å². The maximum Gasteiger partial charge on any atom is 0.278 e. The second-order valence-corrected chi connectivity index (χ2v) is 7.12. The van der Waals surface area contributed by atoms with Gasteiger partial charge in [-0.3, -0.25) is 0 Å². The fourth-order valence-corrected chi connectivity index (χ4v) is 3.69. The lowest BCUT2D eigenvalue weighted by atomic mass is 10.1. The minimum absolute atomic E-state index is 0.0585. The van der Waals surface area contributed by atoms with Gasteiger partial charge in [-0.1, -0.05) is 29.4 Å². The van der Waals surface area contributed by atoms with Crippen LogP contribution in [-0.2, 0) is 17.9 Å². The topological polar surface area (TPSA) is 84.4 Å². The van der Waals surface area contributed by atoms with E-state index in [1.165, 1.54) is 0 Å². The molecule has 158 valence electrons. The molecule has 0 saturated heterocycles. The first kappa shape index (κ1) is 19.3. The largest absolute Gasteiger partial charge is 0.497 e. The van der Waals surface area contributed by atoms with Gasteiger partial charge in [-0.25, -0.2) is 4.98 Å². The second-order valence-electron chi connectivity index (χ2n) is 7.12. The maximum absolute atomic E-state index is 6.12. The third kappa shape index (κ3) is 3.66. The van der Waals surface area contributed by atoms with Crippen LogP contribution in [0.1, 0.15) is 24.3 Å². The molecule has 0 amide bonds. The van der Waals surface area contributed by atoms with Crippen LogP contribution < -0.4 is 9.47 Å². The van der Waals surface area contributed by atoms with Gasteiger partial charge in [-0.05, 0) is 36.8 Å². The van der Waals surface area contributed by atoms with E-state index < -0.39 is 0 Å². The first-order valence-corrected chi connectivity index (χ1v) is 10.1. The Morgan fingerprint density at radius 3 is 2.77 bits per heavy atom. The monoisotopic (exact) mass is 418 g/mol. The molecule has 3 heterocycles. The van der Waals surface area contributed by atoms with E-state index in [9.17, 15) is 0 Å². The summed E-state index contributed by atoms with van der Waals surface area (Å²) in [5, 5.41) is 4.15. The Bertz CT molecular complexity index is 1180. The molecule has 8 heteroatoms. The molecule has 0 spiro atoms. The first-order valence-electron chi connectivity index (χ1n) is 10.1. The van der Waals surface area contributed by atoms with Gasteiger partial charge in [0, 0.05) is 0 Å². The quantitative estimate of drug-likeness (QED) is 0.462. The fourth-order valence-electron chi connectivity index (χ4n) is 3.69. The zero-order valence-electron chi connectivity index (χ0n) is 17.3. The van der Waals surface area contributed by atoms with Crippen molar-refractivity contribution in [2.45, 2.75) is 26.2 Å². The van der Waals surface area contributed by atoms with Gasteiger partial charge in [0.2, 0.25) is 5.82 Å². The van der Waals surface area contributed by atoms with Gasteiger partial charge in [0.1, 0.15) is 17.6 Å². The average molecular weight is 418 g/mol. The highest BCUT2D eigenvalue weighted by Crippen LogP contribution is 2.33. The van der Waals surface area contributed by atoms with Crippen molar-refractivity contribution >= 4 is 0 Å². The second kappa shape index (κ2) is 8.23. The van der Waals surface area contributed by atoms with E-state index in [1.807, 2.05) is 55.5 Å². The van der Waals surface area contributed by atoms with Crippen LogP contribution in [0.2, 0.25) is 0 Å². The summed E-state index contributed by atoms with van der Waals surface area (Å²) in [6.07, 6.45) is 1.73. The highest BCUT2D eigenvalue weighted by atomic mass is 16.5. The molecule has 5 rings (SSSR count). The summed E-state index contributed by atoms with van der Waals surface area (Å²) >= 11 is 0. The molecule has 0 aliphatic carbocycles. The van der Waals surface area contributed by atoms with E-state index in [0.717, 1.165) is 28.3 Å². The normalized spacial score (nSPS) is 15.5. The number of rotatable bonds is 6. The molecular formula is C23H22N4O4. The first-order chi connectivity index (χ1) is 15.3. The summed E-state index contributed by atoms with van der Waals surface area (Å²) in [5.41, 5.74) is 3.43. The Kier molecular flexibility index (Phi) is 5.13. The van der Waals surface area contributed by atoms with Crippen molar-refractivity contribution in [1.82, 2.24) is 19.7 Å². The average Bonchev–Trinajstić information content (AvgIpc) is 3.46. The Labute approximate surface area is 179 Å². The van der Waals surface area contributed by atoms with Crippen LogP contribution in [0.3, 0.4) is 0 Å². The Balaban J connectivity index is 1.39. The Morgan fingerprint density at radius 1 is 1.13 bits per heavy atom. The van der Waals surface area contributed by atoms with Crippen LogP contribution >= 0.6 is 0 Å². The summed E-state index contributed by atoms with van der Waals surface area (Å²) in [6.45, 7) is 3.56. The Morgan fingerprint density at radius 2 is 1.97 bits per heavy atom. The van der Waals surface area contributed by atoms with Gasteiger partial charge in [-0.2, -0.15) is 4.98 Å². The molecule has 0 saturated carbocycles. The summed E-state index contributed by atoms with van der Waals surface area (Å²) in [7, 11) is 1.66. The maximum atomic E-state index is 6.12. The molecule has 1 atom stereocenters. The zero-order valence-corrected chi connectivity index (χ0v) is 17.3. The minimum atomic E-state index is -0.0585. The molecule has 0 bridgehead atoms. The standard InChI is InChI=1S/C23H22N4O4/c1-3-29-19-7-5-4-6-17(19)22-25-23(31-26-22)21-18-13-30-20(12-27(18)14-24-21)15-8-10-16(28-2)11-9-15/h4-11,14,20H,3,12-13H2,1-2H3/t20-/m1/s1. The van der Waals surface area contributed by atoms with Crippen LogP contribution in [0.15, 0.2) is 59.4 Å². The van der Waals surface area contributed by atoms with Gasteiger partial charge < -0.3 is 23.3 Å². The summed E-state index contributed by atoms with van der Waals surface area (Å²) in [5.74, 6) is 2.37. The van der Waals surface area contributed by atoms with E-state index >= 15 is 0 Å². The van der Waals surface area contributed by atoms with E-state index in [4.69, 9.17) is 18.7 Å². The van der Waals surface area contributed by atoms with Gasteiger partial charge in [0.25, 0.3) is 5.89 Å². The summed E-state index contributed by atoms with van der Waals surface area (Å²) < 4.78 is 24.6. The summed E-state index contributed by atoms with van der Waals surface area (Å²) in [6, 6.07) is 15.5. The van der Waals surface area contributed by atoms with E-state index in [1.54, 1.807) is 13.4 Å². The molecule has 0 fully saturated rings. The highest BCUT2D eigenvalue weighted by Gasteiger charge is 2.27. The van der Waals surface area contributed by atoms with Crippen molar-refractivity contribution in [3.8, 4) is 34.5 Å². The van der Waals surface area contributed by atoms with Gasteiger partial charge in [0.05, 0.1) is 44.5 Å². The van der Waals surface area contributed by atoms with Gasteiger partial charge in [0.15, 0.2) is 5.69 Å². The van der Waals surface area contributed by atoms with E-state index in [2.05, 4.69) is 19.7 Å². The fraction of sp³-hybridized carbons (Fsp3) is 0.261. The SMILES string of the molecule is CCOc1ccccc1-c1noc(-c2ncn3c2CO[C@@H](c2ccc(OC)cc2)C3)n1. The molecule has 0 N–H and O–H groups in total. The number of aromatic nitrogens is 4. The lowest BCUT2D eigenvalue weighted by molar-refractivity contribution is 0.00328. The molecule has 31 heavy (non-hydrogen) atoms. The number of nitrogens with zero attached hydrogens (tertiary/aromatic N) is 4. The molecule has 2 aromatic carbocycles. The summed E-state index contributed by atoms with van der Waals surface area (Å²) in [4.78, 5) is 9.09.